The van der Waals surface area contributed by atoms with Crippen LogP contribution in [-0.2, 0) is 11.8 Å². The summed E-state index contributed by atoms with van der Waals surface area (Å²) in [6.07, 6.45) is 7.72. The highest BCUT2D eigenvalue weighted by Gasteiger charge is 2.27. The van der Waals surface area contributed by atoms with Crippen LogP contribution >= 0.6 is 0 Å². The molecule has 31 heavy (non-hydrogen) atoms. The van der Waals surface area contributed by atoms with E-state index in [9.17, 15) is 0 Å². The van der Waals surface area contributed by atoms with Gasteiger partial charge in [-0.05, 0) is 31.0 Å². The van der Waals surface area contributed by atoms with Gasteiger partial charge in [-0.15, -0.1) is 0 Å². The molecule has 0 aromatic carbocycles. The van der Waals surface area contributed by atoms with Crippen molar-refractivity contribution < 1.29 is 4.74 Å². The van der Waals surface area contributed by atoms with Gasteiger partial charge in [0, 0.05) is 55.9 Å². The van der Waals surface area contributed by atoms with Crippen molar-refractivity contribution in [3.8, 4) is 23.0 Å². The zero-order valence-electron chi connectivity index (χ0n) is 17.3. The molecule has 6 rings (SSSR count). The summed E-state index contributed by atoms with van der Waals surface area (Å²) in [7, 11) is 1.98. The number of morpholine rings is 1. The Morgan fingerprint density at radius 1 is 0.903 bits per heavy atom. The third-order valence-electron chi connectivity index (χ3n) is 5.82. The molecule has 2 aliphatic rings. The Balaban J connectivity index is 1.55. The SMILES string of the molecule is Cn1c(-c2ccncc2)nc2c(N3CCOCC3)nc(-c3nccc(C4CC4)n3)nc21. The number of rotatable bonds is 4. The van der Waals surface area contributed by atoms with Crippen molar-refractivity contribution in [2.75, 3.05) is 31.2 Å². The largest absolute Gasteiger partial charge is 0.378 e. The first-order chi connectivity index (χ1) is 15.3. The summed E-state index contributed by atoms with van der Waals surface area (Å²) in [6.45, 7) is 2.85. The molecule has 0 radical (unpaired) electrons. The van der Waals surface area contributed by atoms with Crippen molar-refractivity contribution in [3.05, 3.63) is 42.5 Å². The number of pyridine rings is 1. The van der Waals surface area contributed by atoms with Crippen LogP contribution in [0.15, 0.2) is 36.8 Å². The Morgan fingerprint density at radius 3 is 2.48 bits per heavy atom. The van der Waals surface area contributed by atoms with Crippen molar-refractivity contribution in [2.24, 2.45) is 7.05 Å². The summed E-state index contributed by atoms with van der Waals surface area (Å²) in [4.78, 5) is 30.3. The van der Waals surface area contributed by atoms with Gasteiger partial charge in [0.1, 0.15) is 5.82 Å². The van der Waals surface area contributed by atoms with E-state index in [1.807, 2.05) is 36.0 Å². The Morgan fingerprint density at radius 2 is 1.71 bits per heavy atom. The first kappa shape index (κ1) is 18.3. The fraction of sp³-hybridized carbons (Fsp3) is 0.364. The second kappa shape index (κ2) is 7.35. The lowest BCUT2D eigenvalue weighted by Gasteiger charge is -2.28. The number of nitrogens with zero attached hydrogens (tertiary/aromatic N) is 8. The normalized spacial score (nSPS) is 16.7. The quantitative estimate of drug-likeness (QED) is 0.503. The number of ether oxygens (including phenoxy) is 1. The summed E-state index contributed by atoms with van der Waals surface area (Å²) in [5, 5.41) is 0. The highest BCUT2D eigenvalue weighted by molar-refractivity contribution is 5.88. The van der Waals surface area contributed by atoms with E-state index in [0.29, 0.717) is 30.8 Å². The van der Waals surface area contributed by atoms with E-state index in [2.05, 4.69) is 14.9 Å². The molecule has 1 saturated carbocycles. The minimum absolute atomic E-state index is 0.528. The van der Waals surface area contributed by atoms with Gasteiger partial charge in [-0.25, -0.2) is 24.9 Å². The van der Waals surface area contributed by atoms with Crippen LogP contribution in [0.25, 0.3) is 34.2 Å². The number of aromatic nitrogens is 7. The van der Waals surface area contributed by atoms with E-state index < -0.39 is 0 Å². The molecule has 0 spiro atoms. The lowest BCUT2D eigenvalue weighted by Crippen LogP contribution is -2.37. The molecule has 1 aliphatic carbocycles. The minimum atomic E-state index is 0.528. The predicted molar refractivity (Wildman–Crippen MR) is 116 cm³/mol. The van der Waals surface area contributed by atoms with Gasteiger partial charge in [-0.3, -0.25) is 4.98 Å². The lowest BCUT2D eigenvalue weighted by atomic mass is 10.2. The number of aryl methyl sites for hydroxylation is 1. The molecule has 9 heteroatoms. The first-order valence-corrected chi connectivity index (χ1v) is 10.6. The highest BCUT2D eigenvalue weighted by atomic mass is 16.5. The fourth-order valence-corrected chi connectivity index (χ4v) is 3.99. The molecule has 4 aromatic heterocycles. The molecule has 1 aliphatic heterocycles. The van der Waals surface area contributed by atoms with E-state index in [1.54, 1.807) is 12.4 Å². The van der Waals surface area contributed by atoms with E-state index in [0.717, 1.165) is 47.2 Å². The van der Waals surface area contributed by atoms with Gasteiger partial charge in [0.15, 0.2) is 22.8 Å². The molecule has 1 saturated heterocycles. The zero-order chi connectivity index (χ0) is 20.8. The number of hydrogen-bond donors (Lipinski definition) is 0. The fourth-order valence-electron chi connectivity index (χ4n) is 3.99. The van der Waals surface area contributed by atoms with Crippen LogP contribution < -0.4 is 4.90 Å². The standard InChI is InChI=1S/C22H22N8O/c1-29-20(15-4-7-23-8-5-15)26-17-21(29)27-19(28-22(17)30-10-12-31-13-11-30)18-24-9-6-16(25-18)14-2-3-14/h4-9,14H,2-3,10-13H2,1H3. The molecule has 0 unspecified atom stereocenters. The van der Waals surface area contributed by atoms with E-state index in [1.165, 1.54) is 12.8 Å². The van der Waals surface area contributed by atoms with Crippen molar-refractivity contribution >= 4 is 17.0 Å². The molecule has 0 bridgehead atoms. The summed E-state index contributed by atoms with van der Waals surface area (Å²) in [5.41, 5.74) is 3.60. The Kier molecular flexibility index (Phi) is 4.34. The summed E-state index contributed by atoms with van der Waals surface area (Å²) in [6, 6.07) is 5.90. The van der Waals surface area contributed by atoms with Crippen molar-refractivity contribution in [3.63, 3.8) is 0 Å². The van der Waals surface area contributed by atoms with Crippen molar-refractivity contribution in [1.82, 2.24) is 34.5 Å². The van der Waals surface area contributed by atoms with Gasteiger partial charge < -0.3 is 14.2 Å². The smallest absolute Gasteiger partial charge is 0.201 e. The molecule has 2 fully saturated rings. The zero-order valence-corrected chi connectivity index (χ0v) is 17.3. The number of fused-ring (bicyclic) bond motifs is 1. The number of hydrogen-bond acceptors (Lipinski definition) is 8. The van der Waals surface area contributed by atoms with Crippen LogP contribution in [0.4, 0.5) is 5.82 Å². The minimum Gasteiger partial charge on any atom is -0.378 e. The van der Waals surface area contributed by atoms with Crippen LogP contribution in [0.5, 0.6) is 0 Å². The second-order valence-electron chi connectivity index (χ2n) is 7.95. The van der Waals surface area contributed by atoms with Gasteiger partial charge >= 0.3 is 0 Å². The van der Waals surface area contributed by atoms with E-state index in [-0.39, 0.29) is 0 Å². The van der Waals surface area contributed by atoms with Crippen LogP contribution in [-0.4, -0.2) is 60.8 Å². The molecular weight excluding hydrogens is 392 g/mol. The monoisotopic (exact) mass is 414 g/mol. The van der Waals surface area contributed by atoms with Gasteiger partial charge in [-0.2, -0.15) is 0 Å². The van der Waals surface area contributed by atoms with E-state index >= 15 is 0 Å². The van der Waals surface area contributed by atoms with Gasteiger partial charge in [-0.1, -0.05) is 0 Å². The number of imidazole rings is 1. The summed E-state index contributed by atoms with van der Waals surface area (Å²) >= 11 is 0. The maximum Gasteiger partial charge on any atom is 0.201 e. The third kappa shape index (κ3) is 3.31. The van der Waals surface area contributed by atoms with Crippen LogP contribution in [0.3, 0.4) is 0 Å². The molecule has 9 nitrogen and oxygen atoms in total. The maximum absolute atomic E-state index is 5.55. The highest BCUT2D eigenvalue weighted by Crippen LogP contribution is 2.39. The van der Waals surface area contributed by atoms with E-state index in [4.69, 9.17) is 24.7 Å². The molecule has 0 amide bonds. The Bertz CT molecular complexity index is 1250. The molecule has 0 atom stereocenters. The van der Waals surface area contributed by atoms with Gasteiger partial charge in [0.05, 0.1) is 13.2 Å². The molecule has 5 heterocycles. The number of anilines is 1. The van der Waals surface area contributed by atoms with Crippen LogP contribution in [0, 0.1) is 0 Å². The molecule has 0 N–H and O–H groups in total. The average Bonchev–Trinajstić information content (AvgIpc) is 3.64. The first-order valence-electron chi connectivity index (χ1n) is 10.6. The molecule has 4 aromatic rings. The Labute approximate surface area is 179 Å². The van der Waals surface area contributed by atoms with Crippen molar-refractivity contribution in [2.45, 2.75) is 18.8 Å². The van der Waals surface area contributed by atoms with Crippen molar-refractivity contribution in [1.29, 1.82) is 0 Å². The maximum atomic E-state index is 5.55. The van der Waals surface area contributed by atoms with Crippen LogP contribution in [0.1, 0.15) is 24.5 Å². The summed E-state index contributed by atoms with van der Waals surface area (Å²) < 4.78 is 7.56. The predicted octanol–water partition coefficient (Wildman–Crippen LogP) is 2.60. The lowest BCUT2D eigenvalue weighted by molar-refractivity contribution is 0.122. The molecular formula is C22H22N8O. The van der Waals surface area contributed by atoms with Gasteiger partial charge in [0.25, 0.3) is 0 Å². The molecule has 156 valence electrons. The second-order valence-corrected chi connectivity index (χ2v) is 7.95. The topological polar surface area (TPSA) is 94.7 Å². The Hall–Kier alpha value is -3.46. The van der Waals surface area contributed by atoms with Crippen LogP contribution in [0.2, 0.25) is 0 Å². The van der Waals surface area contributed by atoms with Gasteiger partial charge in [0.2, 0.25) is 5.82 Å². The summed E-state index contributed by atoms with van der Waals surface area (Å²) in [5.74, 6) is 3.26. The average molecular weight is 414 g/mol. The third-order valence-corrected chi connectivity index (χ3v) is 5.82.